The average Bonchev–Trinajstić information content (AvgIpc) is 2.99. The molecular formula is C46H98F14O2. The summed E-state index contributed by atoms with van der Waals surface area (Å²) in [4.78, 5) is 0. The highest BCUT2D eigenvalue weighted by Crippen LogP contribution is 2.40. The molecule has 0 aromatic heterocycles. The molecule has 62 heavy (non-hydrogen) atoms. The quantitative estimate of drug-likeness (QED) is 0.247. The maximum Gasteiger partial charge on any atom is 0.522 e. The maximum atomic E-state index is 11.9. The molecule has 0 amide bonds. The van der Waals surface area contributed by atoms with Gasteiger partial charge in [0.1, 0.15) is 0 Å². The lowest BCUT2D eigenvalue weighted by Crippen LogP contribution is -2.40. The number of ether oxygens (including phenoxy) is 2. The molecule has 0 aliphatic rings. The van der Waals surface area contributed by atoms with Crippen LogP contribution in [0, 0.1) is 52.8 Å². The molecule has 0 heterocycles. The zero-order valence-electron chi connectivity index (χ0n) is 44.2. The monoisotopic (exact) mass is 949 g/mol. The first kappa shape index (κ1) is 84.4. The highest BCUT2D eigenvalue weighted by molar-refractivity contribution is 4.78. The normalized spacial score (nSPS) is 11.7. The molecule has 0 atom stereocenters. The van der Waals surface area contributed by atoms with Gasteiger partial charge in [-0.3, -0.25) is 4.74 Å². The molecule has 0 rings (SSSR count). The minimum atomic E-state index is -5.42. The van der Waals surface area contributed by atoms with E-state index < -0.39 is 61.1 Å². The average molecular weight is 949 g/mol. The van der Waals surface area contributed by atoms with E-state index >= 15 is 0 Å². The summed E-state index contributed by atoms with van der Waals surface area (Å²) in [5.74, 6) is -3.73. The Labute approximate surface area is 373 Å². The van der Waals surface area contributed by atoms with Gasteiger partial charge in [-0.15, -0.1) is 13.2 Å². The second kappa shape index (κ2) is 45.1. The van der Waals surface area contributed by atoms with Crippen LogP contribution in [0.1, 0.15) is 193 Å². The van der Waals surface area contributed by atoms with E-state index in [0.717, 1.165) is 57.3 Å². The molecule has 0 spiro atoms. The van der Waals surface area contributed by atoms with Gasteiger partial charge in [-0.2, -0.15) is 35.1 Å². The molecule has 0 aliphatic carbocycles. The predicted molar refractivity (Wildman–Crippen MR) is 238 cm³/mol. The van der Waals surface area contributed by atoms with Gasteiger partial charge in [0.15, 0.2) is 0 Å². The first-order chi connectivity index (χ1) is 26.8. The summed E-state index contributed by atoms with van der Waals surface area (Å²) >= 11 is 0. The molecular weight excluding hydrogens is 850 g/mol. The van der Waals surface area contributed by atoms with Gasteiger partial charge in [-0.25, -0.2) is 13.2 Å². The topological polar surface area (TPSA) is 18.5 Å². The Bertz CT molecular complexity index is 775. The summed E-state index contributed by atoms with van der Waals surface area (Å²) in [5, 5.41) is 0. The van der Waals surface area contributed by atoms with E-state index in [1.54, 1.807) is 7.11 Å². The van der Waals surface area contributed by atoms with Crippen LogP contribution in [-0.2, 0) is 9.47 Å². The largest absolute Gasteiger partial charge is 0.522 e. The molecule has 0 aromatic carbocycles. The van der Waals surface area contributed by atoms with Crippen molar-refractivity contribution >= 4 is 0 Å². The smallest absolute Gasteiger partial charge is 0.382 e. The van der Waals surface area contributed by atoms with Gasteiger partial charge in [0.25, 0.3) is 0 Å². The van der Waals surface area contributed by atoms with Crippen molar-refractivity contribution in [3.8, 4) is 0 Å². The van der Waals surface area contributed by atoms with Crippen molar-refractivity contribution in [2.75, 3.05) is 7.11 Å². The molecule has 0 aromatic rings. The number of alkyl halides is 14. The first-order valence-corrected chi connectivity index (χ1v) is 21.5. The Morgan fingerprint density at radius 2 is 0.629 bits per heavy atom. The van der Waals surface area contributed by atoms with Gasteiger partial charge < -0.3 is 4.74 Å². The Morgan fingerprint density at radius 1 is 0.435 bits per heavy atom. The molecule has 16 heteroatoms. The van der Waals surface area contributed by atoms with Crippen LogP contribution in [-0.4, -0.2) is 56.6 Å². The number of rotatable bonds is 6. The number of hydrogen-bond donors (Lipinski definition) is 0. The second-order valence-electron chi connectivity index (χ2n) is 19.0. The molecule has 0 saturated carbocycles. The summed E-state index contributed by atoms with van der Waals surface area (Å²) in [6.45, 7) is 49.9. The lowest BCUT2D eigenvalue weighted by Gasteiger charge is -2.22. The van der Waals surface area contributed by atoms with Crippen LogP contribution in [0.2, 0.25) is 0 Å². The summed E-state index contributed by atoms with van der Waals surface area (Å²) < 4.78 is 166. The van der Waals surface area contributed by atoms with Crippen molar-refractivity contribution in [1.29, 1.82) is 0 Å². The number of methoxy groups -OCH3 is 1. The second-order valence-corrected chi connectivity index (χ2v) is 19.0. The first-order valence-electron chi connectivity index (χ1n) is 21.5. The third kappa shape index (κ3) is 107. The standard InChI is InChI=1S/C7H16.C6H14.C5H7F5.C5H12.C4H7F3O.C4H7F3.C4H8F2.C4H10O.C4H10.C3H7F/c1-6(2)7(3,4)5;1-5(2)6(3)4;1-3(2)4(6,7)5(8,9)10;1-4-5(2)3;1-3(2)8-4(5,6)7;1-3(2)4(5,6)7;1-3(2)4(5)6;1-4(2)5-3;1-4(2)3;1-3(2)4/h6H,1-5H3;5-6H,1-4H3;3H,1-2H3;5H,4H2,1-3H3;3H,1-2H3;3H,1-2H3;3-4H,1-2H3;4H,1-3H3;4H,1-3H3;3H,1-2H3. The fourth-order valence-electron chi connectivity index (χ4n) is 0.595. The maximum absolute atomic E-state index is 11.9. The van der Waals surface area contributed by atoms with Crippen LogP contribution in [0.15, 0.2) is 0 Å². The summed E-state index contributed by atoms with van der Waals surface area (Å²) in [6.07, 6.45) is -15.8. The highest BCUT2D eigenvalue weighted by Gasteiger charge is 2.59. The molecule has 0 unspecified atom stereocenters. The molecule has 0 bridgehead atoms. The summed E-state index contributed by atoms with van der Waals surface area (Å²) in [5.41, 5.74) is 0.500. The zero-order valence-corrected chi connectivity index (χ0v) is 44.2. The van der Waals surface area contributed by atoms with Crippen LogP contribution in [0.4, 0.5) is 61.5 Å². The van der Waals surface area contributed by atoms with E-state index in [2.05, 4.69) is 109 Å². The number of hydrogen-bond acceptors (Lipinski definition) is 2. The number of halogens is 14. The van der Waals surface area contributed by atoms with Crippen molar-refractivity contribution < 1.29 is 70.9 Å². The van der Waals surface area contributed by atoms with E-state index in [1.807, 2.05) is 13.8 Å². The third-order valence-electron chi connectivity index (χ3n) is 6.98. The minimum absolute atomic E-state index is 0.384. The van der Waals surface area contributed by atoms with Gasteiger partial charge in [0, 0.05) is 24.9 Å². The van der Waals surface area contributed by atoms with E-state index in [1.165, 1.54) is 48.0 Å². The van der Waals surface area contributed by atoms with Crippen LogP contribution in [0.5, 0.6) is 0 Å². The zero-order chi connectivity index (χ0) is 53.5. The summed E-state index contributed by atoms with van der Waals surface area (Å²) in [6, 6.07) is 0. The third-order valence-corrected chi connectivity index (χ3v) is 6.98. The Balaban J connectivity index is -0.0000000613. The van der Waals surface area contributed by atoms with Gasteiger partial charge in [-0.05, 0) is 76.5 Å². The summed E-state index contributed by atoms with van der Waals surface area (Å²) in [7, 11) is 1.70. The minimum Gasteiger partial charge on any atom is -0.382 e. The van der Waals surface area contributed by atoms with Crippen molar-refractivity contribution in [3.05, 3.63) is 0 Å². The predicted octanol–water partition coefficient (Wildman–Crippen LogP) is 20.0. The molecule has 0 fully saturated rings. The van der Waals surface area contributed by atoms with Gasteiger partial charge in [0.2, 0.25) is 6.43 Å². The molecule has 0 saturated heterocycles. The SMILES string of the molecule is CC(C)C.CC(C)C(C)(C)C.CC(C)C(C)C.CC(C)C(F)(F)C(F)(F)F.CC(C)C(F)(F)F.CC(C)C(F)F.CC(C)F.CC(C)OC(F)(F)F.CCC(C)C.COC(C)C. The van der Waals surface area contributed by atoms with Crippen LogP contribution >= 0.6 is 0 Å². The van der Waals surface area contributed by atoms with Crippen molar-refractivity contribution in [1.82, 2.24) is 0 Å². The molecule has 0 aliphatic heterocycles. The lowest BCUT2D eigenvalue weighted by atomic mass is 9.84. The van der Waals surface area contributed by atoms with E-state index in [4.69, 9.17) is 4.74 Å². The van der Waals surface area contributed by atoms with Crippen molar-refractivity contribution in [2.45, 2.75) is 243 Å². The van der Waals surface area contributed by atoms with Gasteiger partial charge >= 0.3 is 24.6 Å². The van der Waals surface area contributed by atoms with Crippen molar-refractivity contribution in [2.24, 2.45) is 52.8 Å². The molecule has 392 valence electrons. The van der Waals surface area contributed by atoms with Crippen LogP contribution < -0.4 is 0 Å². The van der Waals surface area contributed by atoms with E-state index in [9.17, 15) is 61.5 Å². The van der Waals surface area contributed by atoms with Crippen LogP contribution in [0.25, 0.3) is 0 Å². The van der Waals surface area contributed by atoms with Crippen LogP contribution in [0.3, 0.4) is 0 Å². The molecule has 0 N–H and O–H groups in total. The fourth-order valence-corrected chi connectivity index (χ4v) is 0.595. The van der Waals surface area contributed by atoms with Gasteiger partial charge in [0.05, 0.1) is 18.4 Å². The lowest BCUT2D eigenvalue weighted by molar-refractivity contribution is -0.338. The molecule has 2 nitrogen and oxygen atoms in total. The van der Waals surface area contributed by atoms with E-state index in [0.29, 0.717) is 11.5 Å². The Kier molecular flexibility index (Phi) is 61.4. The van der Waals surface area contributed by atoms with Crippen molar-refractivity contribution in [3.63, 3.8) is 0 Å². The van der Waals surface area contributed by atoms with E-state index in [-0.39, 0.29) is 0 Å². The Morgan fingerprint density at radius 3 is 0.629 bits per heavy atom. The van der Waals surface area contributed by atoms with Gasteiger partial charge in [-0.1, -0.05) is 152 Å². The highest BCUT2D eigenvalue weighted by atomic mass is 19.4. The molecule has 0 radical (unpaired) electrons. The fraction of sp³-hybridized carbons (Fsp3) is 1.00. The Hall–Kier alpha value is -1.06.